The number of rotatable bonds is 6. The first kappa shape index (κ1) is 14.6. The zero-order chi connectivity index (χ0) is 14.7. The van der Waals surface area contributed by atoms with Gasteiger partial charge in [-0.05, 0) is 43.1 Å². The van der Waals surface area contributed by atoms with Crippen LogP contribution in [0.3, 0.4) is 0 Å². The molecule has 2 atom stereocenters. The number of carboxylic acid groups (broad SMARTS) is 1. The highest BCUT2D eigenvalue weighted by Gasteiger charge is 2.35. The van der Waals surface area contributed by atoms with Crippen LogP contribution in [0.1, 0.15) is 50.0 Å². The smallest absolute Gasteiger partial charge is 0.317 e. The molecule has 2 unspecified atom stereocenters. The van der Waals surface area contributed by atoms with E-state index in [0.29, 0.717) is 12.0 Å². The van der Waals surface area contributed by atoms with Gasteiger partial charge in [-0.15, -0.1) is 0 Å². The van der Waals surface area contributed by atoms with Gasteiger partial charge in [0.05, 0.1) is 6.54 Å². The third-order valence-electron chi connectivity index (χ3n) is 4.95. The van der Waals surface area contributed by atoms with Gasteiger partial charge in [-0.2, -0.15) is 0 Å². The van der Waals surface area contributed by atoms with Crippen LogP contribution >= 0.6 is 0 Å². The van der Waals surface area contributed by atoms with Crippen molar-refractivity contribution in [2.24, 2.45) is 5.92 Å². The highest BCUT2D eigenvalue weighted by atomic mass is 16.4. The summed E-state index contributed by atoms with van der Waals surface area (Å²) in [6.07, 6.45) is 7.38. The maximum absolute atomic E-state index is 11.3. The summed E-state index contributed by atoms with van der Waals surface area (Å²) in [6, 6.07) is 11.1. The van der Waals surface area contributed by atoms with Crippen LogP contribution in [0.4, 0.5) is 0 Å². The fourth-order valence-corrected chi connectivity index (χ4v) is 3.76. The Bertz CT molecular complexity index is 469. The Morgan fingerprint density at radius 1 is 1.10 bits per heavy atom. The molecule has 2 aliphatic rings. The van der Waals surface area contributed by atoms with Gasteiger partial charge in [-0.1, -0.05) is 43.2 Å². The summed E-state index contributed by atoms with van der Waals surface area (Å²) in [5, 5.41) is 9.26. The number of hydrogen-bond acceptors (Lipinski definition) is 2. The highest BCUT2D eigenvalue weighted by Crippen LogP contribution is 2.38. The Labute approximate surface area is 127 Å². The van der Waals surface area contributed by atoms with Gasteiger partial charge < -0.3 is 5.11 Å². The molecule has 1 N–H and O–H groups in total. The van der Waals surface area contributed by atoms with Crippen LogP contribution in [-0.4, -0.2) is 35.1 Å². The van der Waals surface area contributed by atoms with Gasteiger partial charge in [0.2, 0.25) is 0 Å². The molecule has 3 heteroatoms. The predicted molar refractivity (Wildman–Crippen MR) is 83.4 cm³/mol. The predicted octanol–water partition coefficient (Wildman–Crippen LogP) is 3.51. The quantitative estimate of drug-likeness (QED) is 0.870. The SMILES string of the molecule is O=C(O)CN(CC1CC1)C1CCCCC1c1ccccc1. The topological polar surface area (TPSA) is 40.5 Å². The first-order chi connectivity index (χ1) is 10.2. The molecular formula is C18H25NO2. The van der Waals surface area contributed by atoms with Crippen molar-refractivity contribution in [2.75, 3.05) is 13.1 Å². The molecule has 0 aliphatic heterocycles. The van der Waals surface area contributed by atoms with E-state index in [1.54, 1.807) is 0 Å². The van der Waals surface area contributed by atoms with E-state index in [2.05, 4.69) is 35.2 Å². The lowest BCUT2D eigenvalue weighted by atomic mass is 9.79. The fourth-order valence-electron chi connectivity index (χ4n) is 3.76. The van der Waals surface area contributed by atoms with E-state index >= 15 is 0 Å². The summed E-state index contributed by atoms with van der Waals surface area (Å²) in [5.41, 5.74) is 1.38. The molecule has 0 bridgehead atoms. The highest BCUT2D eigenvalue weighted by molar-refractivity contribution is 5.69. The van der Waals surface area contributed by atoms with Crippen LogP contribution in [0.2, 0.25) is 0 Å². The summed E-state index contributed by atoms with van der Waals surface area (Å²) in [7, 11) is 0. The molecule has 114 valence electrons. The summed E-state index contributed by atoms with van der Waals surface area (Å²) in [5.74, 6) is 0.550. The second kappa shape index (κ2) is 6.61. The summed E-state index contributed by atoms with van der Waals surface area (Å²) < 4.78 is 0. The molecule has 3 rings (SSSR count). The Balaban J connectivity index is 1.78. The number of hydrogen-bond donors (Lipinski definition) is 1. The molecule has 21 heavy (non-hydrogen) atoms. The molecule has 0 saturated heterocycles. The van der Waals surface area contributed by atoms with E-state index in [-0.39, 0.29) is 6.54 Å². The second-order valence-corrected chi connectivity index (χ2v) is 6.64. The molecule has 0 radical (unpaired) electrons. The lowest BCUT2D eigenvalue weighted by Crippen LogP contribution is -2.45. The third-order valence-corrected chi connectivity index (χ3v) is 4.95. The van der Waals surface area contributed by atoms with Gasteiger partial charge in [0.25, 0.3) is 0 Å². The van der Waals surface area contributed by atoms with E-state index in [1.807, 2.05) is 0 Å². The first-order valence-corrected chi connectivity index (χ1v) is 8.25. The van der Waals surface area contributed by atoms with E-state index in [0.717, 1.165) is 18.9 Å². The number of aliphatic carboxylic acids is 1. The lowest BCUT2D eigenvalue weighted by Gasteiger charge is -2.40. The van der Waals surface area contributed by atoms with Crippen molar-refractivity contribution >= 4 is 5.97 Å². The van der Waals surface area contributed by atoms with Gasteiger partial charge in [-0.25, -0.2) is 0 Å². The molecule has 2 aliphatic carbocycles. The average Bonchev–Trinajstić information content (AvgIpc) is 3.31. The lowest BCUT2D eigenvalue weighted by molar-refractivity contribution is -0.139. The largest absolute Gasteiger partial charge is 0.480 e. The van der Waals surface area contributed by atoms with Crippen molar-refractivity contribution in [3.05, 3.63) is 35.9 Å². The van der Waals surface area contributed by atoms with E-state index in [1.165, 1.54) is 37.7 Å². The Hall–Kier alpha value is -1.35. The van der Waals surface area contributed by atoms with Gasteiger partial charge in [0.1, 0.15) is 0 Å². The van der Waals surface area contributed by atoms with Gasteiger partial charge >= 0.3 is 5.97 Å². The van der Waals surface area contributed by atoms with E-state index in [4.69, 9.17) is 0 Å². The van der Waals surface area contributed by atoms with Crippen LogP contribution in [0.5, 0.6) is 0 Å². The Morgan fingerprint density at radius 3 is 2.48 bits per heavy atom. The van der Waals surface area contributed by atoms with Crippen molar-refractivity contribution in [2.45, 2.75) is 50.5 Å². The zero-order valence-corrected chi connectivity index (χ0v) is 12.6. The third kappa shape index (κ3) is 3.85. The van der Waals surface area contributed by atoms with Gasteiger partial charge in [0, 0.05) is 12.6 Å². The monoisotopic (exact) mass is 287 g/mol. The Kier molecular flexibility index (Phi) is 4.59. The maximum atomic E-state index is 11.3. The van der Waals surface area contributed by atoms with Crippen molar-refractivity contribution in [3.8, 4) is 0 Å². The van der Waals surface area contributed by atoms with Crippen molar-refractivity contribution < 1.29 is 9.90 Å². The van der Waals surface area contributed by atoms with E-state index in [9.17, 15) is 9.90 Å². The molecule has 1 aromatic carbocycles. The minimum absolute atomic E-state index is 0.199. The first-order valence-electron chi connectivity index (χ1n) is 8.25. The molecule has 2 fully saturated rings. The molecule has 0 amide bonds. The zero-order valence-electron chi connectivity index (χ0n) is 12.6. The van der Waals surface area contributed by atoms with E-state index < -0.39 is 5.97 Å². The molecule has 1 aromatic rings. The summed E-state index contributed by atoms with van der Waals surface area (Å²) in [6.45, 7) is 1.17. The normalized spacial score (nSPS) is 26.0. The molecule has 0 spiro atoms. The molecular weight excluding hydrogens is 262 g/mol. The minimum Gasteiger partial charge on any atom is -0.480 e. The Morgan fingerprint density at radius 2 is 1.81 bits per heavy atom. The van der Waals surface area contributed by atoms with Gasteiger partial charge in [0.15, 0.2) is 0 Å². The molecule has 0 heterocycles. The molecule has 2 saturated carbocycles. The van der Waals surface area contributed by atoms with Crippen molar-refractivity contribution in [1.29, 1.82) is 0 Å². The number of nitrogens with zero attached hydrogens (tertiary/aromatic N) is 1. The van der Waals surface area contributed by atoms with Crippen molar-refractivity contribution in [3.63, 3.8) is 0 Å². The summed E-state index contributed by atoms with van der Waals surface area (Å²) >= 11 is 0. The molecule has 3 nitrogen and oxygen atoms in total. The number of carboxylic acids is 1. The second-order valence-electron chi connectivity index (χ2n) is 6.64. The van der Waals surface area contributed by atoms with Crippen LogP contribution in [-0.2, 0) is 4.79 Å². The molecule has 0 aromatic heterocycles. The van der Waals surface area contributed by atoms with Crippen LogP contribution < -0.4 is 0 Å². The maximum Gasteiger partial charge on any atom is 0.317 e. The summed E-state index contributed by atoms with van der Waals surface area (Å²) in [4.78, 5) is 13.5. The fraction of sp³-hybridized carbons (Fsp3) is 0.611. The van der Waals surface area contributed by atoms with Crippen LogP contribution in [0.25, 0.3) is 0 Å². The number of carbonyl (C=O) groups is 1. The standard InChI is InChI=1S/C18H25NO2/c20-18(21)13-19(12-14-10-11-14)17-9-5-4-8-16(17)15-6-2-1-3-7-15/h1-3,6-7,14,16-17H,4-5,8-13H2,(H,20,21). The van der Waals surface area contributed by atoms with Crippen molar-refractivity contribution in [1.82, 2.24) is 4.90 Å². The minimum atomic E-state index is -0.687. The van der Waals surface area contributed by atoms with Gasteiger partial charge in [-0.3, -0.25) is 9.69 Å². The van der Waals surface area contributed by atoms with Crippen LogP contribution in [0.15, 0.2) is 30.3 Å². The number of benzene rings is 1. The average molecular weight is 287 g/mol. The van der Waals surface area contributed by atoms with Crippen LogP contribution in [0, 0.1) is 5.92 Å².